The molecule has 0 amide bonds. The molecule has 0 N–H and O–H groups in total. The van der Waals surface area contributed by atoms with Gasteiger partial charge in [0.1, 0.15) is 5.78 Å². The number of ether oxygens (including phenoxy) is 1. The SMILES string of the molecule is CCC1CCCC(OC(C)CC(C)=O)C1. The maximum atomic E-state index is 10.9. The van der Waals surface area contributed by atoms with Gasteiger partial charge in [-0.1, -0.05) is 26.2 Å². The summed E-state index contributed by atoms with van der Waals surface area (Å²) in [6.07, 6.45) is 7.35. The van der Waals surface area contributed by atoms with Crippen LogP contribution in [0, 0.1) is 5.92 Å². The van der Waals surface area contributed by atoms with Crippen molar-refractivity contribution in [2.45, 2.75) is 71.5 Å². The van der Waals surface area contributed by atoms with Gasteiger partial charge in [-0.15, -0.1) is 0 Å². The van der Waals surface area contributed by atoms with Gasteiger partial charge in [0, 0.05) is 6.42 Å². The summed E-state index contributed by atoms with van der Waals surface area (Å²) in [6, 6.07) is 0. The Morgan fingerprint density at radius 2 is 2.20 bits per heavy atom. The lowest BCUT2D eigenvalue weighted by atomic mass is 9.85. The zero-order valence-corrected chi connectivity index (χ0v) is 10.3. The predicted molar refractivity (Wildman–Crippen MR) is 61.9 cm³/mol. The minimum atomic E-state index is 0.100. The topological polar surface area (TPSA) is 26.3 Å². The molecule has 15 heavy (non-hydrogen) atoms. The number of Topliss-reactive ketones (excluding diaryl/α,β-unsaturated/α-hetero) is 1. The van der Waals surface area contributed by atoms with Crippen LogP contribution in [0.5, 0.6) is 0 Å². The number of carbonyl (C=O) groups is 1. The third-order valence-corrected chi connectivity index (χ3v) is 3.31. The molecule has 0 aromatic heterocycles. The monoisotopic (exact) mass is 212 g/mol. The molecule has 1 fully saturated rings. The quantitative estimate of drug-likeness (QED) is 0.698. The first kappa shape index (κ1) is 12.7. The van der Waals surface area contributed by atoms with E-state index in [0.29, 0.717) is 12.5 Å². The van der Waals surface area contributed by atoms with Gasteiger partial charge in [0.25, 0.3) is 0 Å². The zero-order valence-electron chi connectivity index (χ0n) is 10.3. The van der Waals surface area contributed by atoms with Crippen molar-refractivity contribution in [1.82, 2.24) is 0 Å². The summed E-state index contributed by atoms with van der Waals surface area (Å²) >= 11 is 0. The van der Waals surface area contributed by atoms with E-state index in [4.69, 9.17) is 4.74 Å². The van der Waals surface area contributed by atoms with E-state index in [1.54, 1.807) is 6.92 Å². The van der Waals surface area contributed by atoms with Crippen molar-refractivity contribution in [3.8, 4) is 0 Å². The van der Waals surface area contributed by atoms with Gasteiger partial charge in [0.15, 0.2) is 0 Å². The van der Waals surface area contributed by atoms with Gasteiger partial charge >= 0.3 is 0 Å². The molecule has 88 valence electrons. The minimum Gasteiger partial charge on any atom is -0.375 e. The van der Waals surface area contributed by atoms with Crippen LogP contribution in [-0.4, -0.2) is 18.0 Å². The summed E-state index contributed by atoms with van der Waals surface area (Å²) < 4.78 is 5.91. The summed E-state index contributed by atoms with van der Waals surface area (Å²) in [4.78, 5) is 10.9. The van der Waals surface area contributed by atoms with Gasteiger partial charge in [0.2, 0.25) is 0 Å². The van der Waals surface area contributed by atoms with Crippen LogP contribution in [0.15, 0.2) is 0 Å². The largest absolute Gasteiger partial charge is 0.375 e. The van der Waals surface area contributed by atoms with E-state index in [1.807, 2.05) is 6.92 Å². The van der Waals surface area contributed by atoms with Gasteiger partial charge in [-0.25, -0.2) is 0 Å². The number of hydrogen-bond acceptors (Lipinski definition) is 2. The number of rotatable bonds is 5. The van der Waals surface area contributed by atoms with Crippen molar-refractivity contribution in [3.63, 3.8) is 0 Å². The second-order valence-electron chi connectivity index (χ2n) is 4.92. The van der Waals surface area contributed by atoms with Crippen LogP contribution in [0.1, 0.15) is 59.3 Å². The zero-order chi connectivity index (χ0) is 11.3. The van der Waals surface area contributed by atoms with E-state index < -0.39 is 0 Å². The average Bonchev–Trinajstić information content (AvgIpc) is 2.16. The third-order valence-electron chi connectivity index (χ3n) is 3.31. The highest BCUT2D eigenvalue weighted by Gasteiger charge is 2.23. The highest BCUT2D eigenvalue weighted by atomic mass is 16.5. The van der Waals surface area contributed by atoms with E-state index in [1.165, 1.54) is 32.1 Å². The first-order valence-corrected chi connectivity index (χ1v) is 6.26. The second kappa shape index (κ2) is 6.26. The van der Waals surface area contributed by atoms with E-state index in [0.717, 1.165) is 5.92 Å². The predicted octanol–water partition coefficient (Wildman–Crippen LogP) is 3.34. The summed E-state index contributed by atoms with van der Waals surface area (Å²) in [6.45, 7) is 5.90. The van der Waals surface area contributed by atoms with Gasteiger partial charge in [-0.2, -0.15) is 0 Å². The molecule has 2 nitrogen and oxygen atoms in total. The summed E-state index contributed by atoms with van der Waals surface area (Å²) in [7, 11) is 0. The highest BCUT2D eigenvalue weighted by Crippen LogP contribution is 2.29. The molecule has 0 bridgehead atoms. The van der Waals surface area contributed by atoms with Crippen LogP contribution in [0.2, 0.25) is 0 Å². The fraction of sp³-hybridized carbons (Fsp3) is 0.923. The fourth-order valence-electron chi connectivity index (χ4n) is 2.52. The van der Waals surface area contributed by atoms with Crippen LogP contribution in [0.3, 0.4) is 0 Å². The molecular weight excluding hydrogens is 188 g/mol. The van der Waals surface area contributed by atoms with Crippen molar-refractivity contribution in [2.24, 2.45) is 5.92 Å². The van der Waals surface area contributed by atoms with E-state index in [9.17, 15) is 4.79 Å². The molecule has 0 aromatic carbocycles. The smallest absolute Gasteiger partial charge is 0.132 e. The van der Waals surface area contributed by atoms with Gasteiger partial charge < -0.3 is 4.74 Å². The molecule has 1 aliphatic carbocycles. The Morgan fingerprint density at radius 3 is 2.80 bits per heavy atom. The molecule has 0 aliphatic heterocycles. The Labute approximate surface area is 93.4 Å². The van der Waals surface area contributed by atoms with Crippen LogP contribution in [0.25, 0.3) is 0 Å². The molecule has 2 heteroatoms. The first-order chi connectivity index (χ1) is 7.11. The van der Waals surface area contributed by atoms with E-state index in [2.05, 4.69) is 6.92 Å². The van der Waals surface area contributed by atoms with Gasteiger partial charge in [-0.05, 0) is 32.6 Å². The number of carbonyl (C=O) groups excluding carboxylic acids is 1. The minimum absolute atomic E-state index is 0.100. The van der Waals surface area contributed by atoms with Gasteiger partial charge in [0.05, 0.1) is 12.2 Å². The molecule has 3 unspecified atom stereocenters. The van der Waals surface area contributed by atoms with Crippen LogP contribution >= 0.6 is 0 Å². The van der Waals surface area contributed by atoms with Gasteiger partial charge in [-0.3, -0.25) is 4.79 Å². The molecule has 0 saturated heterocycles. The molecule has 1 rings (SSSR count). The highest BCUT2D eigenvalue weighted by molar-refractivity contribution is 5.75. The molecule has 0 spiro atoms. The van der Waals surface area contributed by atoms with E-state index >= 15 is 0 Å². The molecule has 1 saturated carbocycles. The summed E-state index contributed by atoms with van der Waals surface area (Å²) in [5.74, 6) is 1.07. The van der Waals surface area contributed by atoms with E-state index in [-0.39, 0.29) is 11.9 Å². The maximum absolute atomic E-state index is 10.9. The van der Waals surface area contributed by atoms with Crippen molar-refractivity contribution in [2.75, 3.05) is 0 Å². The Bertz CT molecular complexity index is 201. The molecule has 3 atom stereocenters. The normalized spacial score (nSPS) is 28.7. The molecule has 0 radical (unpaired) electrons. The average molecular weight is 212 g/mol. The second-order valence-corrected chi connectivity index (χ2v) is 4.92. The van der Waals surface area contributed by atoms with Crippen molar-refractivity contribution in [1.29, 1.82) is 0 Å². The lowest BCUT2D eigenvalue weighted by Gasteiger charge is -2.30. The van der Waals surface area contributed by atoms with Crippen molar-refractivity contribution < 1.29 is 9.53 Å². The Balaban J connectivity index is 2.27. The lowest BCUT2D eigenvalue weighted by molar-refractivity contribution is -0.121. The fourth-order valence-corrected chi connectivity index (χ4v) is 2.52. The Morgan fingerprint density at radius 1 is 1.47 bits per heavy atom. The lowest BCUT2D eigenvalue weighted by Crippen LogP contribution is -2.27. The Hall–Kier alpha value is -0.370. The first-order valence-electron chi connectivity index (χ1n) is 6.26. The molecule has 0 aromatic rings. The van der Waals surface area contributed by atoms with Crippen LogP contribution in [-0.2, 0) is 9.53 Å². The summed E-state index contributed by atoms with van der Waals surface area (Å²) in [5, 5.41) is 0. The third kappa shape index (κ3) is 4.78. The molecule has 1 aliphatic rings. The standard InChI is InChI=1S/C13H24O2/c1-4-12-6-5-7-13(9-12)15-11(3)8-10(2)14/h11-13H,4-9H2,1-3H3. The maximum Gasteiger partial charge on any atom is 0.132 e. The van der Waals surface area contributed by atoms with Crippen molar-refractivity contribution in [3.05, 3.63) is 0 Å². The van der Waals surface area contributed by atoms with Crippen molar-refractivity contribution >= 4 is 5.78 Å². The van der Waals surface area contributed by atoms with Crippen LogP contribution in [0.4, 0.5) is 0 Å². The number of ketones is 1. The molecular formula is C13H24O2. The molecule has 0 heterocycles. The summed E-state index contributed by atoms with van der Waals surface area (Å²) in [5.41, 5.74) is 0. The Kier molecular flexibility index (Phi) is 5.30. The number of hydrogen-bond donors (Lipinski definition) is 0. The van der Waals surface area contributed by atoms with Crippen LogP contribution < -0.4 is 0 Å².